The maximum absolute atomic E-state index is 11.7. The second-order valence-electron chi connectivity index (χ2n) is 5.60. The molecule has 106 valence electrons. The Kier molecular flexibility index (Phi) is 5.80. The lowest BCUT2D eigenvalue weighted by molar-refractivity contribution is -0.119. The quantitative estimate of drug-likeness (QED) is 0.764. The van der Waals surface area contributed by atoms with Gasteiger partial charge in [-0.25, -0.2) is 0 Å². The van der Waals surface area contributed by atoms with Gasteiger partial charge in [0.2, 0.25) is 11.8 Å². The number of rotatable bonds is 4. The summed E-state index contributed by atoms with van der Waals surface area (Å²) in [6.07, 6.45) is 6.05. The molecule has 1 saturated carbocycles. The van der Waals surface area contributed by atoms with E-state index in [1.807, 2.05) is 27.7 Å². The molecule has 0 bridgehead atoms. The van der Waals surface area contributed by atoms with E-state index in [9.17, 15) is 9.59 Å². The molecule has 1 fully saturated rings. The second-order valence-corrected chi connectivity index (χ2v) is 5.60. The average molecular weight is 264 g/mol. The van der Waals surface area contributed by atoms with Crippen LogP contribution in [0.15, 0.2) is 23.3 Å². The van der Waals surface area contributed by atoms with Crippen LogP contribution in [0.5, 0.6) is 0 Å². The van der Waals surface area contributed by atoms with Crippen LogP contribution in [0.3, 0.4) is 0 Å². The van der Waals surface area contributed by atoms with Crippen LogP contribution < -0.4 is 10.6 Å². The molecule has 0 spiro atoms. The molecule has 4 heteroatoms. The summed E-state index contributed by atoms with van der Waals surface area (Å²) in [4.78, 5) is 23.4. The average Bonchev–Trinajstić information content (AvgIpc) is 2.62. The zero-order chi connectivity index (χ0) is 14.4. The van der Waals surface area contributed by atoms with Gasteiger partial charge in [-0.1, -0.05) is 11.1 Å². The Bertz CT molecular complexity index is 364. The molecule has 0 saturated heterocycles. The van der Waals surface area contributed by atoms with Gasteiger partial charge in [-0.2, -0.15) is 0 Å². The predicted octanol–water partition coefficient (Wildman–Crippen LogP) is 2.07. The molecule has 2 N–H and O–H groups in total. The van der Waals surface area contributed by atoms with Crippen LogP contribution in [-0.2, 0) is 9.59 Å². The molecular formula is C15H24N2O2. The third-order valence-electron chi connectivity index (χ3n) is 3.01. The van der Waals surface area contributed by atoms with Gasteiger partial charge in [0.25, 0.3) is 0 Å². The minimum atomic E-state index is -0.0756. The number of hydrogen-bond donors (Lipinski definition) is 2. The summed E-state index contributed by atoms with van der Waals surface area (Å²) in [6, 6.07) is 0.0789. The lowest BCUT2D eigenvalue weighted by atomic mass is 10.1. The normalized spacial score (nSPS) is 21.5. The first-order valence-corrected chi connectivity index (χ1v) is 6.79. The molecule has 0 aromatic rings. The van der Waals surface area contributed by atoms with Gasteiger partial charge in [0.15, 0.2) is 0 Å². The standard InChI is InChI=1S/C15H24N2O2/c1-10(2)8-14(18)16-12-6-5-7-13(12)17-15(19)9-11(3)4/h8-9,12-13H,5-7H2,1-4H3,(H,16,18)(H,17,19)/t12-,13+. The number of hydrogen-bond acceptors (Lipinski definition) is 2. The zero-order valence-corrected chi connectivity index (χ0v) is 12.2. The van der Waals surface area contributed by atoms with Crippen LogP contribution in [0.1, 0.15) is 47.0 Å². The lowest BCUT2D eigenvalue weighted by Gasteiger charge is -2.21. The summed E-state index contributed by atoms with van der Waals surface area (Å²) in [7, 11) is 0. The number of carbonyl (C=O) groups excluding carboxylic acids is 2. The van der Waals surface area contributed by atoms with E-state index in [1.165, 1.54) is 0 Å². The smallest absolute Gasteiger partial charge is 0.244 e. The molecule has 0 heterocycles. The third-order valence-corrected chi connectivity index (χ3v) is 3.01. The van der Waals surface area contributed by atoms with Crippen LogP contribution in [0.2, 0.25) is 0 Å². The highest BCUT2D eigenvalue weighted by Crippen LogP contribution is 2.19. The summed E-state index contributed by atoms with van der Waals surface area (Å²) in [5, 5.41) is 5.94. The van der Waals surface area contributed by atoms with Gasteiger partial charge >= 0.3 is 0 Å². The molecule has 0 aliphatic heterocycles. The Morgan fingerprint density at radius 1 is 0.842 bits per heavy atom. The first kappa shape index (κ1) is 15.5. The largest absolute Gasteiger partial charge is 0.348 e. The summed E-state index contributed by atoms with van der Waals surface area (Å²) in [6.45, 7) is 7.56. The highest BCUT2D eigenvalue weighted by Gasteiger charge is 2.28. The third kappa shape index (κ3) is 5.73. The minimum Gasteiger partial charge on any atom is -0.348 e. The SMILES string of the molecule is CC(C)=CC(=O)N[C@H]1CCC[C@H]1NC(=O)C=C(C)C. The van der Waals surface area contributed by atoms with Crippen LogP contribution in [0.25, 0.3) is 0 Å². The van der Waals surface area contributed by atoms with Gasteiger partial charge in [-0.15, -0.1) is 0 Å². The molecule has 2 atom stereocenters. The van der Waals surface area contributed by atoms with Gasteiger partial charge in [0, 0.05) is 24.2 Å². The lowest BCUT2D eigenvalue weighted by Crippen LogP contribution is -2.47. The maximum Gasteiger partial charge on any atom is 0.244 e. The van der Waals surface area contributed by atoms with Crippen LogP contribution in [-0.4, -0.2) is 23.9 Å². The van der Waals surface area contributed by atoms with E-state index in [-0.39, 0.29) is 23.9 Å². The van der Waals surface area contributed by atoms with Gasteiger partial charge in [0.1, 0.15) is 0 Å². The van der Waals surface area contributed by atoms with Crippen molar-refractivity contribution in [1.82, 2.24) is 10.6 Å². The Morgan fingerprint density at radius 2 is 1.21 bits per heavy atom. The monoisotopic (exact) mass is 264 g/mol. The maximum atomic E-state index is 11.7. The Balaban J connectivity index is 2.55. The molecular weight excluding hydrogens is 240 g/mol. The Labute approximate surface area is 115 Å². The molecule has 2 amide bonds. The van der Waals surface area contributed by atoms with E-state index >= 15 is 0 Å². The van der Waals surface area contributed by atoms with Crippen molar-refractivity contribution in [3.05, 3.63) is 23.3 Å². The molecule has 1 aliphatic rings. The van der Waals surface area contributed by atoms with Crippen molar-refractivity contribution >= 4 is 11.8 Å². The molecule has 0 radical (unpaired) electrons. The fourth-order valence-electron chi connectivity index (χ4n) is 2.28. The van der Waals surface area contributed by atoms with Crippen molar-refractivity contribution in [2.75, 3.05) is 0 Å². The van der Waals surface area contributed by atoms with Crippen molar-refractivity contribution in [2.45, 2.75) is 59.0 Å². The van der Waals surface area contributed by atoms with E-state index in [4.69, 9.17) is 0 Å². The van der Waals surface area contributed by atoms with E-state index in [2.05, 4.69) is 10.6 Å². The second kappa shape index (κ2) is 7.12. The summed E-state index contributed by atoms with van der Waals surface area (Å²) < 4.78 is 0. The molecule has 19 heavy (non-hydrogen) atoms. The van der Waals surface area contributed by atoms with Gasteiger partial charge in [0.05, 0.1) is 0 Å². The number of allylic oxidation sites excluding steroid dienone is 2. The first-order chi connectivity index (χ1) is 8.88. The van der Waals surface area contributed by atoms with Crippen LogP contribution in [0.4, 0.5) is 0 Å². The summed E-state index contributed by atoms with van der Waals surface area (Å²) in [5.41, 5.74) is 1.95. The van der Waals surface area contributed by atoms with Crippen LogP contribution in [0, 0.1) is 0 Å². The summed E-state index contributed by atoms with van der Waals surface area (Å²) in [5.74, 6) is -0.151. The van der Waals surface area contributed by atoms with Crippen molar-refractivity contribution in [3.8, 4) is 0 Å². The number of amides is 2. The van der Waals surface area contributed by atoms with Gasteiger partial charge < -0.3 is 10.6 Å². The molecule has 1 aliphatic carbocycles. The highest BCUT2D eigenvalue weighted by molar-refractivity contribution is 5.89. The molecule has 0 aromatic carbocycles. The Morgan fingerprint density at radius 3 is 1.53 bits per heavy atom. The van der Waals surface area contributed by atoms with Crippen molar-refractivity contribution < 1.29 is 9.59 Å². The van der Waals surface area contributed by atoms with Crippen molar-refractivity contribution in [2.24, 2.45) is 0 Å². The predicted molar refractivity (Wildman–Crippen MR) is 76.6 cm³/mol. The number of nitrogens with one attached hydrogen (secondary N) is 2. The van der Waals surface area contributed by atoms with Gasteiger partial charge in [-0.05, 0) is 47.0 Å². The first-order valence-electron chi connectivity index (χ1n) is 6.79. The van der Waals surface area contributed by atoms with E-state index < -0.39 is 0 Å². The number of carbonyl (C=O) groups is 2. The fourth-order valence-corrected chi connectivity index (χ4v) is 2.28. The molecule has 0 aromatic heterocycles. The van der Waals surface area contributed by atoms with E-state index in [0.29, 0.717) is 0 Å². The molecule has 1 rings (SSSR count). The topological polar surface area (TPSA) is 58.2 Å². The minimum absolute atomic E-state index is 0.0395. The van der Waals surface area contributed by atoms with E-state index in [0.717, 1.165) is 30.4 Å². The zero-order valence-electron chi connectivity index (χ0n) is 12.2. The Hall–Kier alpha value is -1.58. The van der Waals surface area contributed by atoms with Crippen LogP contribution >= 0.6 is 0 Å². The fraction of sp³-hybridized carbons (Fsp3) is 0.600. The van der Waals surface area contributed by atoms with Crippen molar-refractivity contribution in [3.63, 3.8) is 0 Å². The van der Waals surface area contributed by atoms with E-state index in [1.54, 1.807) is 12.2 Å². The summed E-state index contributed by atoms with van der Waals surface area (Å²) >= 11 is 0. The molecule has 4 nitrogen and oxygen atoms in total. The van der Waals surface area contributed by atoms with Crippen molar-refractivity contribution in [1.29, 1.82) is 0 Å². The highest BCUT2D eigenvalue weighted by atomic mass is 16.2. The molecule has 0 unspecified atom stereocenters. The van der Waals surface area contributed by atoms with Gasteiger partial charge in [-0.3, -0.25) is 9.59 Å².